The average Bonchev–Trinajstić information content (AvgIpc) is 2.65. The fourth-order valence-corrected chi connectivity index (χ4v) is 1.61. The topological polar surface area (TPSA) is 41.3 Å². The van der Waals surface area contributed by atoms with Crippen molar-refractivity contribution in [2.75, 3.05) is 26.2 Å². The van der Waals surface area contributed by atoms with E-state index in [0.29, 0.717) is 0 Å². The number of aryl methyl sites for hydroxylation is 1. The van der Waals surface area contributed by atoms with Crippen LogP contribution in [0, 0.1) is 0 Å². The highest BCUT2D eigenvalue weighted by Crippen LogP contribution is 2.00. The third kappa shape index (κ3) is 4.44. The van der Waals surface area contributed by atoms with Crippen molar-refractivity contribution in [3.63, 3.8) is 0 Å². The van der Waals surface area contributed by atoms with Crippen molar-refractivity contribution in [3.8, 4) is 0 Å². The molecule has 0 aromatic carbocycles. The van der Waals surface area contributed by atoms with Gasteiger partial charge in [-0.1, -0.05) is 6.92 Å². The van der Waals surface area contributed by atoms with Crippen LogP contribution in [0.1, 0.15) is 18.9 Å². The number of rotatable bonds is 7. The molecule has 0 aliphatic carbocycles. The first-order chi connectivity index (χ1) is 7.26. The van der Waals surface area contributed by atoms with Crippen LogP contribution in [-0.4, -0.2) is 46.0 Å². The van der Waals surface area contributed by atoms with Crippen LogP contribution >= 0.6 is 0 Å². The van der Waals surface area contributed by atoms with Crippen LogP contribution in [-0.2, 0) is 13.5 Å². The van der Waals surface area contributed by atoms with Gasteiger partial charge in [0.1, 0.15) is 0 Å². The van der Waals surface area contributed by atoms with E-state index in [0.717, 1.165) is 32.5 Å². The third-order valence-electron chi connectivity index (χ3n) is 2.55. The molecule has 0 atom stereocenters. The fraction of sp³-hybridized carbons (Fsp3) is 0.727. The molecule has 1 aromatic rings. The molecule has 4 nitrogen and oxygen atoms in total. The predicted molar refractivity (Wildman–Crippen MR) is 60.7 cm³/mol. The highest BCUT2D eigenvalue weighted by atomic mass is 16.3. The SMILES string of the molecule is CCN(CCCO)CCc1cnn(C)c1. The minimum atomic E-state index is 0.281. The van der Waals surface area contributed by atoms with Gasteiger partial charge >= 0.3 is 0 Å². The lowest BCUT2D eigenvalue weighted by molar-refractivity contribution is 0.231. The second-order valence-corrected chi connectivity index (χ2v) is 3.78. The number of aliphatic hydroxyl groups excluding tert-OH is 1. The molecule has 0 aliphatic heterocycles. The van der Waals surface area contributed by atoms with Gasteiger partial charge in [-0.2, -0.15) is 5.10 Å². The largest absolute Gasteiger partial charge is 0.396 e. The zero-order valence-electron chi connectivity index (χ0n) is 9.69. The van der Waals surface area contributed by atoms with Gasteiger partial charge < -0.3 is 10.0 Å². The van der Waals surface area contributed by atoms with E-state index in [-0.39, 0.29) is 6.61 Å². The molecule has 15 heavy (non-hydrogen) atoms. The van der Waals surface area contributed by atoms with Gasteiger partial charge in [-0.25, -0.2) is 0 Å². The molecule has 1 aromatic heterocycles. The van der Waals surface area contributed by atoms with E-state index >= 15 is 0 Å². The summed E-state index contributed by atoms with van der Waals surface area (Å²) in [7, 11) is 1.94. The molecule has 4 heteroatoms. The number of hydrogen-bond donors (Lipinski definition) is 1. The monoisotopic (exact) mass is 211 g/mol. The van der Waals surface area contributed by atoms with Gasteiger partial charge in [0.15, 0.2) is 0 Å². The summed E-state index contributed by atoms with van der Waals surface area (Å²) < 4.78 is 1.83. The van der Waals surface area contributed by atoms with Crippen LogP contribution < -0.4 is 0 Å². The summed E-state index contributed by atoms with van der Waals surface area (Å²) in [4.78, 5) is 2.35. The summed E-state index contributed by atoms with van der Waals surface area (Å²) in [5.41, 5.74) is 1.28. The lowest BCUT2D eigenvalue weighted by atomic mass is 10.2. The standard InChI is InChI=1S/C11H21N3O/c1-3-14(6-4-8-15)7-5-11-9-12-13(2)10-11/h9-10,15H,3-8H2,1-2H3. The summed E-state index contributed by atoms with van der Waals surface area (Å²) >= 11 is 0. The molecule has 0 radical (unpaired) electrons. The summed E-state index contributed by atoms with van der Waals surface area (Å²) in [5, 5.41) is 12.9. The van der Waals surface area contributed by atoms with Crippen molar-refractivity contribution in [2.45, 2.75) is 19.8 Å². The maximum atomic E-state index is 8.76. The lowest BCUT2D eigenvalue weighted by Gasteiger charge is -2.19. The van der Waals surface area contributed by atoms with E-state index in [1.807, 2.05) is 17.9 Å². The lowest BCUT2D eigenvalue weighted by Crippen LogP contribution is -2.27. The minimum Gasteiger partial charge on any atom is -0.396 e. The first kappa shape index (κ1) is 12.2. The van der Waals surface area contributed by atoms with Gasteiger partial charge in [-0.15, -0.1) is 0 Å². The van der Waals surface area contributed by atoms with E-state index in [1.54, 1.807) is 0 Å². The van der Waals surface area contributed by atoms with Crippen LogP contribution in [0.5, 0.6) is 0 Å². The molecule has 0 fully saturated rings. The third-order valence-corrected chi connectivity index (χ3v) is 2.55. The van der Waals surface area contributed by atoms with Gasteiger partial charge in [0.2, 0.25) is 0 Å². The Hall–Kier alpha value is -0.870. The Morgan fingerprint density at radius 3 is 2.80 bits per heavy atom. The number of aliphatic hydroxyl groups is 1. The normalized spacial score (nSPS) is 11.2. The molecule has 0 unspecified atom stereocenters. The van der Waals surface area contributed by atoms with Crippen LogP contribution in [0.15, 0.2) is 12.4 Å². The molecule has 0 amide bonds. The van der Waals surface area contributed by atoms with Crippen molar-refractivity contribution in [1.82, 2.24) is 14.7 Å². The van der Waals surface area contributed by atoms with Crippen molar-refractivity contribution in [1.29, 1.82) is 0 Å². The summed E-state index contributed by atoms with van der Waals surface area (Å²) in [6.07, 6.45) is 5.87. The van der Waals surface area contributed by atoms with Crippen LogP contribution in [0.25, 0.3) is 0 Å². The highest BCUT2D eigenvalue weighted by molar-refractivity contribution is 5.03. The average molecular weight is 211 g/mol. The molecule has 86 valence electrons. The number of nitrogens with zero attached hydrogens (tertiary/aromatic N) is 3. The van der Waals surface area contributed by atoms with Crippen LogP contribution in [0.3, 0.4) is 0 Å². The Labute approximate surface area is 91.5 Å². The van der Waals surface area contributed by atoms with E-state index in [2.05, 4.69) is 23.1 Å². The fourth-order valence-electron chi connectivity index (χ4n) is 1.61. The first-order valence-corrected chi connectivity index (χ1v) is 5.57. The smallest absolute Gasteiger partial charge is 0.0522 e. The number of hydrogen-bond acceptors (Lipinski definition) is 3. The number of aromatic nitrogens is 2. The van der Waals surface area contributed by atoms with Crippen molar-refractivity contribution >= 4 is 0 Å². The predicted octanol–water partition coefficient (Wildman–Crippen LogP) is 0.667. The molecule has 0 saturated carbocycles. The van der Waals surface area contributed by atoms with Crippen molar-refractivity contribution in [2.24, 2.45) is 7.05 Å². The van der Waals surface area contributed by atoms with E-state index in [9.17, 15) is 0 Å². The molecular formula is C11H21N3O. The van der Waals surface area contributed by atoms with Gasteiger partial charge in [0.25, 0.3) is 0 Å². The zero-order valence-corrected chi connectivity index (χ0v) is 9.69. The van der Waals surface area contributed by atoms with Gasteiger partial charge in [-0.05, 0) is 24.9 Å². The van der Waals surface area contributed by atoms with Gasteiger partial charge in [-0.3, -0.25) is 4.68 Å². The molecule has 0 bridgehead atoms. The Bertz CT molecular complexity index is 273. The minimum absolute atomic E-state index is 0.281. The molecule has 1 N–H and O–H groups in total. The van der Waals surface area contributed by atoms with E-state index in [4.69, 9.17) is 5.11 Å². The zero-order chi connectivity index (χ0) is 11.1. The van der Waals surface area contributed by atoms with Crippen molar-refractivity contribution < 1.29 is 5.11 Å². The van der Waals surface area contributed by atoms with Gasteiger partial charge in [0, 0.05) is 32.9 Å². The molecule has 1 rings (SSSR count). The van der Waals surface area contributed by atoms with E-state index in [1.165, 1.54) is 5.56 Å². The van der Waals surface area contributed by atoms with Crippen LogP contribution in [0.4, 0.5) is 0 Å². The Morgan fingerprint density at radius 2 is 2.27 bits per heavy atom. The summed E-state index contributed by atoms with van der Waals surface area (Å²) in [6.45, 7) is 5.50. The van der Waals surface area contributed by atoms with Gasteiger partial charge in [0.05, 0.1) is 6.20 Å². The first-order valence-electron chi connectivity index (χ1n) is 5.57. The Morgan fingerprint density at radius 1 is 1.47 bits per heavy atom. The summed E-state index contributed by atoms with van der Waals surface area (Å²) in [5.74, 6) is 0. The van der Waals surface area contributed by atoms with E-state index < -0.39 is 0 Å². The molecule has 1 heterocycles. The molecule has 0 aliphatic rings. The second kappa shape index (κ2) is 6.58. The molecule has 0 saturated heterocycles. The second-order valence-electron chi connectivity index (χ2n) is 3.78. The molecule has 0 spiro atoms. The maximum absolute atomic E-state index is 8.76. The maximum Gasteiger partial charge on any atom is 0.0522 e. The highest BCUT2D eigenvalue weighted by Gasteiger charge is 2.03. The quantitative estimate of drug-likeness (QED) is 0.720. The van der Waals surface area contributed by atoms with Crippen molar-refractivity contribution in [3.05, 3.63) is 18.0 Å². The number of likely N-dealkylation sites (N-methyl/N-ethyl adjacent to an activating group) is 1. The molecular weight excluding hydrogens is 190 g/mol. The summed E-state index contributed by atoms with van der Waals surface area (Å²) in [6, 6.07) is 0. The Balaban J connectivity index is 2.27. The van der Waals surface area contributed by atoms with Crippen LogP contribution in [0.2, 0.25) is 0 Å². The Kier molecular flexibility index (Phi) is 5.36.